The van der Waals surface area contributed by atoms with Crippen molar-refractivity contribution in [1.82, 2.24) is 9.80 Å². The van der Waals surface area contributed by atoms with Crippen LogP contribution in [0, 0.1) is 5.82 Å². The highest BCUT2D eigenvalue weighted by atomic mass is 35.5. The van der Waals surface area contributed by atoms with Gasteiger partial charge in [-0.1, -0.05) is 11.6 Å². The maximum Gasteiger partial charge on any atom is 0.320 e. The lowest BCUT2D eigenvalue weighted by molar-refractivity contribution is -0.143. The zero-order chi connectivity index (χ0) is 15.6. The first-order valence-corrected chi connectivity index (χ1v) is 6.99. The summed E-state index contributed by atoms with van der Waals surface area (Å²) in [5.41, 5.74) is 0.262. The third kappa shape index (κ3) is 3.51. The van der Waals surface area contributed by atoms with E-state index in [-0.39, 0.29) is 16.5 Å². The number of hydrogen-bond donors (Lipinski definition) is 1. The zero-order valence-corrected chi connectivity index (χ0v) is 12.3. The van der Waals surface area contributed by atoms with Gasteiger partial charge in [-0.05, 0) is 25.1 Å². The average molecular weight is 315 g/mol. The van der Waals surface area contributed by atoms with Gasteiger partial charge >= 0.3 is 5.97 Å². The fraction of sp³-hybridized carbons (Fsp3) is 0.429. The summed E-state index contributed by atoms with van der Waals surface area (Å²) in [6, 6.07) is 3.10. The molecular weight excluding hydrogens is 299 g/mol. The molecule has 0 spiro atoms. The van der Waals surface area contributed by atoms with Crippen LogP contribution in [-0.2, 0) is 4.79 Å². The molecule has 1 aromatic rings. The van der Waals surface area contributed by atoms with E-state index < -0.39 is 17.8 Å². The van der Waals surface area contributed by atoms with Gasteiger partial charge in [-0.25, -0.2) is 4.39 Å². The quantitative estimate of drug-likeness (QED) is 0.922. The van der Waals surface area contributed by atoms with Gasteiger partial charge in [-0.15, -0.1) is 0 Å². The Labute approximate surface area is 126 Å². The van der Waals surface area contributed by atoms with Crippen molar-refractivity contribution in [3.63, 3.8) is 0 Å². The number of carboxylic acid groups (broad SMARTS) is 1. The van der Waals surface area contributed by atoms with Crippen LogP contribution in [-0.4, -0.2) is 59.0 Å². The van der Waals surface area contributed by atoms with Gasteiger partial charge in [0.2, 0.25) is 0 Å². The highest BCUT2D eigenvalue weighted by molar-refractivity contribution is 6.33. The fourth-order valence-corrected chi connectivity index (χ4v) is 2.55. The molecule has 1 amide bonds. The lowest BCUT2D eigenvalue weighted by atomic mass is 10.1. The summed E-state index contributed by atoms with van der Waals surface area (Å²) < 4.78 is 13.0. The van der Waals surface area contributed by atoms with Gasteiger partial charge in [0.05, 0.1) is 10.6 Å². The number of carbonyl (C=O) groups excluding carboxylic acids is 1. The van der Waals surface area contributed by atoms with Gasteiger partial charge < -0.3 is 10.0 Å². The molecule has 0 aliphatic carbocycles. The van der Waals surface area contributed by atoms with Crippen molar-refractivity contribution in [2.75, 3.05) is 26.2 Å². The van der Waals surface area contributed by atoms with Crippen molar-refractivity contribution in [3.05, 3.63) is 34.6 Å². The van der Waals surface area contributed by atoms with E-state index in [0.717, 1.165) is 6.07 Å². The molecule has 0 saturated carbocycles. The molecule has 1 aliphatic heterocycles. The Bertz CT molecular complexity index is 559. The Kier molecular flexibility index (Phi) is 4.80. The number of carbonyl (C=O) groups is 2. The molecule has 1 aromatic carbocycles. The molecule has 21 heavy (non-hydrogen) atoms. The van der Waals surface area contributed by atoms with E-state index in [1.807, 2.05) is 0 Å². The number of halogens is 2. The predicted octanol–water partition coefficient (Wildman–Crippen LogP) is 1.71. The van der Waals surface area contributed by atoms with Crippen molar-refractivity contribution >= 4 is 23.5 Å². The minimum atomic E-state index is -0.878. The van der Waals surface area contributed by atoms with Gasteiger partial charge in [-0.2, -0.15) is 0 Å². The van der Waals surface area contributed by atoms with E-state index in [1.165, 1.54) is 12.1 Å². The van der Waals surface area contributed by atoms with Crippen molar-refractivity contribution in [3.8, 4) is 0 Å². The monoisotopic (exact) mass is 314 g/mol. The first kappa shape index (κ1) is 15.7. The first-order chi connectivity index (χ1) is 9.90. The predicted molar refractivity (Wildman–Crippen MR) is 76.0 cm³/mol. The van der Waals surface area contributed by atoms with Crippen molar-refractivity contribution in [2.45, 2.75) is 13.0 Å². The number of piperazine rings is 1. The zero-order valence-electron chi connectivity index (χ0n) is 11.6. The van der Waals surface area contributed by atoms with Crippen LogP contribution in [0.4, 0.5) is 4.39 Å². The number of hydrogen-bond acceptors (Lipinski definition) is 3. The minimum absolute atomic E-state index is 0.0846. The molecule has 114 valence electrons. The number of carboxylic acids is 1. The molecule has 1 unspecified atom stereocenters. The Hall–Kier alpha value is -1.66. The van der Waals surface area contributed by atoms with Gasteiger partial charge in [0.1, 0.15) is 11.9 Å². The Morgan fingerprint density at radius 3 is 2.43 bits per heavy atom. The van der Waals surface area contributed by atoms with Gasteiger partial charge in [0.15, 0.2) is 0 Å². The van der Waals surface area contributed by atoms with Gasteiger partial charge in [0.25, 0.3) is 5.91 Å². The second-order valence-corrected chi connectivity index (χ2v) is 5.37. The Balaban J connectivity index is 2.02. The van der Waals surface area contributed by atoms with E-state index >= 15 is 0 Å². The summed E-state index contributed by atoms with van der Waals surface area (Å²) >= 11 is 5.89. The molecule has 2 rings (SSSR count). The molecular formula is C14H16ClFN2O3. The van der Waals surface area contributed by atoms with Crippen LogP contribution in [0.2, 0.25) is 5.02 Å². The van der Waals surface area contributed by atoms with Crippen molar-refractivity contribution in [1.29, 1.82) is 0 Å². The molecule has 5 nitrogen and oxygen atoms in total. The van der Waals surface area contributed by atoms with Gasteiger partial charge in [0, 0.05) is 26.2 Å². The van der Waals surface area contributed by atoms with Crippen molar-refractivity contribution < 1.29 is 19.1 Å². The highest BCUT2D eigenvalue weighted by Crippen LogP contribution is 2.20. The van der Waals surface area contributed by atoms with E-state index in [2.05, 4.69) is 0 Å². The summed E-state index contributed by atoms with van der Waals surface area (Å²) in [5, 5.41) is 9.06. The maximum atomic E-state index is 13.0. The number of aliphatic carboxylic acids is 1. The summed E-state index contributed by atoms with van der Waals surface area (Å²) in [6.45, 7) is 3.43. The molecule has 1 N–H and O–H groups in total. The SMILES string of the molecule is CC(C(=O)O)N1CCN(C(=O)c2ccc(F)cc2Cl)CC1. The molecule has 7 heteroatoms. The van der Waals surface area contributed by atoms with E-state index in [4.69, 9.17) is 16.7 Å². The van der Waals surface area contributed by atoms with Crippen LogP contribution >= 0.6 is 11.6 Å². The van der Waals surface area contributed by atoms with Crippen LogP contribution in [0.5, 0.6) is 0 Å². The second kappa shape index (κ2) is 6.41. The average Bonchev–Trinajstić information content (AvgIpc) is 2.46. The highest BCUT2D eigenvalue weighted by Gasteiger charge is 2.28. The standard InChI is InChI=1S/C14H16ClFN2O3/c1-9(14(20)21)17-4-6-18(7-5-17)13(19)11-3-2-10(16)8-12(11)15/h2-3,8-9H,4-7H2,1H3,(H,20,21). The fourth-order valence-electron chi connectivity index (χ4n) is 2.30. The van der Waals surface area contributed by atoms with Crippen LogP contribution in [0.1, 0.15) is 17.3 Å². The van der Waals surface area contributed by atoms with Crippen LogP contribution in [0.15, 0.2) is 18.2 Å². The molecule has 1 atom stereocenters. The van der Waals surface area contributed by atoms with Crippen LogP contribution in [0.25, 0.3) is 0 Å². The molecule has 1 fully saturated rings. The Morgan fingerprint density at radius 1 is 1.29 bits per heavy atom. The first-order valence-electron chi connectivity index (χ1n) is 6.61. The molecule has 0 bridgehead atoms. The number of rotatable bonds is 3. The van der Waals surface area contributed by atoms with E-state index in [1.54, 1.807) is 16.7 Å². The third-order valence-corrected chi connectivity index (χ3v) is 3.98. The summed E-state index contributed by atoms with van der Waals surface area (Å²) in [7, 11) is 0. The summed E-state index contributed by atoms with van der Waals surface area (Å²) in [4.78, 5) is 26.7. The number of benzene rings is 1. The summed E-state index contributed by atoms with van der Waals surface area (Å²) in [5.74, 6) is -1.63. The normalized spacial score (nSPS) is 17.6. The van der Waals surface area contributed by atoms with E-state index in [9.17, 15) is 14.0 Å². The van der Waals surface area contributed by atoms with Crippen LogP contribution < -0.4 is 0 Å². The lowest BCUT2D eigenvalue weighted by Gasteiger charge is -2.36. The molecule has 1 heterocycles. The maximum absolute atomic E-state index is 13.0. The number of amides is 1. The largest absolute Gasteiger partial charge is 0.480 e. The third-order valence-electron chi connectivity index (χ3n) is 3.67. The number of nitrogens with zero attached hydrogens (tertiary/aromatic N) is 2. The molecule has 1 saturated heterocycles. The molecule has 0 aromatic heterocycles. The van der Waals surface area contributed by atoms with Crippen molar-refractivity contribution in [2.24, 2.45) is 0 Å². The molecule has 1 aliphatic rings. The van der Waals surface area contributed by atoms with Gasteiger partial charge in [-0.3, -0.25) is 14.5 Å². The second-order valence-electron chi connectivity index (χ2n) is 4.97. The smallest absolute Gasteiger partial charge is 0.320 e. The molecule has 0 radical (unpaired) electrons. The Morgan fingerprint density at radius 2 is 1.90 bits per heavy atom. The van der Waals surface area contributed by atoms with Crippen LogP contribution in [0.3, 0.4) is 0 Å². The topological polar surface area (TPSA) is 60.9 Å². The lowest BCUT2D eigenvalue weighted by Crippen LogP contribution is -2.53. The van der Waals surface area contributed by atoms with E-state index in [0.29, 0.717) is 26.2 Å². The minimum Gasteiger partial charge on any atom is -0.480 e. The summed E-state index contributed by atoms with van der Waals surface area (Å²) in [6.07, 6.45) is 0.